The first-order valence-electron chi connectivity index (χ1n) is 4.97. The van der Waals surface area contributed by atoms with Crippen LogP contribution >= 0.6 is 0 Å². The molecule has 0 radical (unpaired) electrons. The lowest BCUT2D eigenvalue weighted by molar-refractivity contribution is 0.202. The summed E-state index contributed by atoms with van der Waals surface area (Å²) in [4.78, 5) is 1.98. The number of anilines is 1. The summed E-state index contributed by atoms with van der Waals surface area (Å²) in [6, 6.07) is 0.786. The van der Waals surface area contributed by atoms with E-state index in [-0.39, 0.29) is 12.6 Å². The Morgan fingerprint density at radius 2 is 2.20 bits per heavy atom. The lowest BCUT2D eigenvalue weighted by Crippen LogP contribution is -2.34. The quantitative estimate of drug-likeness (QED) is 0.738. The Morgan fingerprint density at radius 1 is 1.47 bits per heavy atom. The topological polar surface area (TPSA) is 77.4 Å². The first kappa shape index (κ1) is 11.9. The molecule has 0 amide bonds. The van der Waals surface area contributed by atoms with E-state index >= 15 is 0 Å². The second kappa shape index (κ2) is 5.67. The van der Waals surface area contributed by atoms with Crippen LogP contribution in [0.4, 0.5) is 6.01 Å². The van der Waals surface area contributed by atoms with Crippen LogP contribution in [0.5, 0.6) is 0 Å². The molecule has 0 saturated carbocycles. The summed E-state index contributed by atoms with van der Waals surface area (Å²) < 4.78 is 10.4. The smallest absolute Gasteiger partial charge is 0.318 e. The fourth-order valence-corrected chi connectivity index (χ4v) is 1.21. The lowest BCUT2D eigenvalue weighted by atomic mass is 10.3. The predicted molar refractivity (Wildman–Crippen MR) is 56.5 cm³/mol. The van der Waals surface area contributed by atoms with E-state index in [1.165, 1.54) is 0 Å². The molecule has 0 unspecified atom stereocenters. The van der Waals surface area contributed by atoms with Gasteiger partial charge in [-0.25, -0.2) is 0 Å². The van der Waals surface area contributed by atoms with Crippen LogP contribution in [0.15, 0.2) is 4.42 Å². The summed E-state index contributed by atoms with van der Waals surface area (Å²) in [6.07, 6.45) is 0. The van der Waals surface area contributed by atoms with Crippen LogP contribution in [0.25, 0.3) is 0 Å². The van der Waals surface area contributed by atoms with Gasteiger partial charge in [0, 0.05) is 19.7 Å². The number of aromatic nitrogens is 2. The number of methoxy groups -OCH3 is 1. The molecule has 0 aromatic carbocycles. The molecule has 0 fully saturated rings. The summed E-state index contributed by atoms with van der Waals surface area (Å²) in [6.45, 7) is 5.73. The van der Waals surface area contributed by atoms with Crippen molar-refractivity contribution in [2.75, 3.05) is 25.2 Å². The molecule has 1 rings (SSSR count). The zero-order valence-corrected chi connectivity index (χ0v) is 9.43. The maximum atomic E-state index is 5.40. The minimum atomic E-state index is 0.267. The molecule has 1 aromatic rings. The van der Waals surface area contributed by atoms with Crippen LogP contribution in [0.2, 0.25) is 0 Å². The van der Waals surface area contributed by atoms with Gasteiger partial charge in [0.2, 0.25) is 5.89 Å². The molecule has 0 atom stereocenters. The summed E-state index contributed by atoms with van der Waals surface area (Å²) in [5.41, 5.74) is 5.40. The molecular formula is C9H18N4O2. The fraction of sp³-hybridized carbons (Fsp3) is 0.778. The van der Waals surface area contributed by atoms with Crippen LogP contribution in [0, 0.1) is 0 Å². The third-order valence-corrected chi connectivity index (χ3v) is 2.04. The van der Waals surface area contributed by atoms with Crippen LogP contribution in [-0.2, 0) is 11.3 Å². The first-order valence-corrected chi connectivity index (χ1v) is 4.97. The van der Waals surface area contributed by atoms with E-state index < -0.39 is 0 Å². The molecule has 0 spiro atoms. The van der Waals surface area contributed by atoms with E-state index in [4.69, 9.17) is 14.9 Å². The molecular weight excluding hydrogens is 196 g/mol. The van der Waals surface area contributed by atoms with E-state index in [9.17, 15) is 0 Å². The second-order valence-electron chi connectivity index (χ2n) is 3.46. The molecule has 0 aliphatic carbocycles. The van der Waals surface area contributed by atoms with Crippen molar-refractivity contribution in [1.82, 2.24) is 10.2 Å². The normalized spacial score (nSPS) is 11.0. The van der Waals surface area contributed by atoms with Crippen molar-refractivity contribution in [3.8, 4) is 0 Å². The zero-order valence-electron chi connectivity index (χ0n) is 9.43. The van der Waals surface area contributed by atoms with Crippen molar-refractivity contribution >= 4 is 6.01 Å². The van der Waals surface area contributed by atoms with Gasteiger partial charge in [0.05, 0.1) is 13.2 Å². The first-order chi connectivity index (χ1) is 7.19. The Bertz CT molecular complexity index is 287. The van der Waals surface area contributed by atoms with Crippen molar-refractivity contribution in [3.05, 3.63) is 5.89 Å². The number of rotatable bonds is 6. The molecule has 2 N–H and O–H groups in total. The van der Waals surface area contributed by atoms with E-state index in [0.29, 0.717) is 18.5 Å². The second-order valence-corrected chi connectivity index (χ2v) is 3.46. The summed E-state index contributed by atoms with van der Waals surface area (Å²) in [5.74, 6) is 0.452. The molecule has 1 aromatic heterocycles. The van der Waals surface area contributed by atoms with Gasteiger partial charge < -0.3 is 19.8 Å². The molecule has 0 bridgehead atoms. The Hall–Kier alpha value is -1.14. The molecule has 86 valence electrons. The van der Waals surface area contributed by atoms with Gasteiger partial charge >= 0.3 is 6.01 Å². The Labute approximate surface area is 89.4 Å². The highest BCUT2D eigenvalue weighted by atomic mass is 16.5. The van der Waals surface area contributed by atoms with Crippen molar-refractivity contribution < 1.29 is 9.15 Å². The summed E-state index contributed by atoms with van der Waals surface area (Å²) >= 11 is 0. The third kappa shape index (κ3) is 3.17. The van der Waals surface area contributed by atoms with Gasteiger partial charge in [-0.2, -0.15) is 0 Å². The molecule has 6 nitrogen and oxygen atoms in total. The van der Waals surface area contributed by atoms with Gasteiger partial charge in [0.15, 0.2) is 0 Å². The zero-order chi connectivity index (χ0) is 11.3. The lowest BCUT2D eigenvalue weighted by Gasteiger charge is -2.23. The van der Waals surface area contributed by atoms with Crippen molar-refractivity contribution in [1.29, 1.82) is 0 Å². The fourth-order valence-electron chi connectivity index (χ4n) is 1.21. The Morgan fingerprint density at radius 3 is 2.67 bits per heavy atom. The van der Waals surface area contributed by atoms with Gasteiger partial charge in [-0.3, -0.25) is 0 Å². The van der Waals surface area contributed by atoms with Crippen LogP contribution in [0.3, 0.4) is 0 Å². The predicted octanol–water partition coefficient (Wildman–Crippen LogP) is 0.390. The standard InChI is InChI=1S/C9H18N4O2/c1-7(2)13(4-5-14-3)9-12-11-8(6-10)15-9/h7H,4-6,10H2,1-3H3. The highest BCUT2D eigenvalue weighted by Gasteiger charge is 2.16. The Balaban J connectivity index is 2.70. The minimum Gasteiger partial charge on any atom is -0.407 e. The number of nitrogens with zero attached hydrogens (tertiary/aromatic N) is 3. The SMILES string of the molecule is COCCN(c1nnc(CN)o1)C(C)C. The van der Waals surface area contributed by atoms with Gasteiger partial charge in [-0.1, -0.05) is 5.10 Å². The molecule has 0 aliphatic heterocycles. The highest BCUT2D eigenvalue weighted by Crippen LogP contribution is 2.14. The monoisotopic (exact) mass is 214 g/mol. The Kier molecular flexibility index (Phi) is 4.51. The third-order valence-electron chi connectivity index (χ3n) is 2.04. The van der Waals surface area contributed by atoms with E-state index in [1.807, 2.05) is 4.90 Å². The number of nitrogens with two attached hydrogens (primary N) is 1. The minimum absolute atomic E-state index is 0.267. The molecule has 0 saturated heterocycles. The molecule has 0 aliphatic rings. The van der Waals surface area contributed by atoms with Crippen molar-refractivity contribution in [3.63, 3.8) is 0 Å². The number of hydrogen-bond donors (Lipinski definition) is 1. The largest absolute Gasteiger partial charge is 0.407 e. The van der Waals surface area contributed by atoms with Crippen LogP contribution in [-0.4, -0.2) is 36.5 Å². The van der Waals surface area contributed by atoms with E-state index in [1.54, 1.807) is 7.11 Å². The van der Waals surface area contributed by atoms with Crippen molar-refractivity contribution in [2.24, 2.45) is 5.73 Å². The van der Waals surface area contributed by atoms with E-state index in [2.05, 4.69) is 24.0 Å². The van der Waals surface area contributed by atoms with Gasteiger partial charge in [0.25, 0.3) is 0 Å². The van der Waals surface area contributed by atoms with Crippen LogP contribution in [0.1, 0.15) is 19.7 Å². The van der Waals surface area contributed by atoms with Gasteiger partial charge in [-0.15, -0.1) is 5.10 Å². The van der Waals surface area contributed by atoms with Crippen molar-refractivity contribution in [2.45, 2.75) is 26.4 Å². The average molecular weight is 214 g/mol. The molecule has 15 heavy (non-hydrogen) atoms. The maximum absolute atomic E-state index is 5.40. The number of ether oxygens (including phenoxy) is 1. The summed E-state index contributed by atoms with van der Waals surface area (Å²) in [5, 5.41) is 7.76. The maximum Gasteiger partial charge on any atom is 0.318 e. The highest BCUT2D eigenvalue weighted by molar-refractivity contribution is 5.25. The van der Waals surface area contributed by atoms with Crippen LogP contribution < -0.4 is 10.6 Å². The van der Waals surface area contributed by atoms with Gasteiger partial charge in [-0.05, 0) is 13.8 Å². The summed E-state index contributed by atoms with van der Waals surface area (Å²) in [7, 11) is 1.66. The molecule has 1 heterocycles. The number of hydrogen-bond acceptors (Lipinski definition) is 6. The average Bonchev–Trinajstić information content (AvgIpc) is 2.66. The molecule has 6 heteroatoms. The van der Waals surface area contributed by atoms with E-state index in [0.717, 1.165) is 6.54 Å². The van der Waals surface area contributed by atoms with Gasteiger partial charge in [0.1, 0.15) is 0 Å².